The summed E-state index contributed by atoms with van der Waals surface area (Å²) in [6, 6.07) is -0.464. The van der Waals surface area contributed by atoms with E-state index in [0.29, 0.717) is 32.1 Å². The maximum Gasteiger partial charge on any atom is 0.417 e. The van der Waals surface area contributed by atoms with E-state index in [4.69, 9.17) is 10.5 Å². The molecule has 0 radical (unpaired) electrons. The van der Waals surface area contributed by atoms with Crippen molar-refractivity contribution in [1.29, 1.82) is 0 Å². The number of hydrogen-bond acceptors (Lipinski definition) is 10. The number of aliphatic hydroxyl groups is 3. The summed E-state index contributed by atoms with van der Waals surface area (Å²) < 4.78 is 50.4. The van der Waals surface area contributed by atoms with Crippen LogP contribution in [0.3, 0.4) is 0 Å². The first-order chi connectivity index (χ1) is 21.1. The van der Waals surface area contributed by atoms with Crippen molar-refractivity contribution in [2.24, 2.45) is 23.5 Å². The predicted octanol–water partition coefficient (Wildman–Crippen LogP) is 1.98. The van der Waals surface area contributed by atoms with E-state index >= 15 is 0 Å². The van der Waals surface area contributed by atoms with Gasteiger partial charge in [-0.05, 0) is 75.2 Å². The fourth-order valence-electron chi connectivity index (χ4n) is 7.86. The molecule has 0 spiro atoms. The molecule has 1 heterocycles. The second kappa shape index (κ2) is 10.8. The normalized spacial score (nSPS) is 30.2. The van der Waals surface area contributed by atoms with E-state index in [0.717, 1.165) is 18.9 Å². The largest absolute Gasteiger partial charge is 0.508 e. The van der Waals surface area contributed by atoms with Gasteiger partial charge in [0.1, 0.15) is 22.8 Å². The van der Waals surface area contributed by atoms with E-state index < -0.39 is 98.7 Å². The quantitative estimate of drug-likeness (QED) is 0.279. The van der Waals surface area contributed by atoms with E-state index in [2.05, 4.69) is 0 Å². The highest BCUT2D eigenvalue weighted by Gasteiger charge is 2.64. The van der Waals surface area contributed by atoms with Crippen molar-refractivity contribution in [3.8, 4) is 5.75 Å². The van der Waals surface area contributed by atoms with Crippen LogP contribution < -0.4 is 5.73 Å². The Morgan fingerprint density at radius 2 is 1.84 bits per heavy atom. The number of fused-ring (bicyclic) bond motifs is 3. The summed E-state index contributed by atoms with van der Waals surface area (Å²) >= 11 is 0. The molecule has 2 saturated carbocycles. The summed E-state index contributed by atoms with van der Waals surface area (Å²) in [5.74, 6) is -8.63. The molecule has 1 saturated heterocycles. The number of ether oxygens (including phenoxy) is 1. The number of Topliss-reactive ketones (excluding diaryl/α,β-unsaturated/α-hetero) is 2. The van der Waals surface area contributed by atoms with Crippen LogP contribution in [0, 0.1) is 17.8 Å². The molecule has 1 amide bonds. The zero-order chi connectivity index (χ0) is 32.7. The number of nitrogens with two attached hydrogens (primary N) is 1. The third-order valence-electron chi connectivity index (χ3n) is 10.1. The first kappa shape index (κ1) is 31.5. The van der Waals surface area contributed by atoms with Crippen LogP contribution in [0.4, 0.5) is 13.2 Å². The van der Waals surface area contributed by atoms with Crippen LogP contribution in [0.2, 0.25) is 0 Å². The third-order valence-corrected chi connectivity index (χ3v) is 10.1. The van der Waals surface area contributed by atoms with E-state index in [1.165, 1.54) is 19.0 Å². The van der Waals surface area contributed by atoms with Crippen LogP contribution >= 0.6 is 0 Å². The highest BCUT2D eigenvalue weighted by atomic mass is 19.4. The number of primary amides is 1. The van der Waals surface area contributed by atoms with Gasteiger partial charge >= 0.3 is 6.18 Å². The summed E-state index contributed by atoms with van der Waals surface area (Å²) in [6.45, 7) is 1.35. The Morgan fingerprint density at radius 3 is 2.40 bits per heavy atom. The zero-order valence-electron chi connectivity index (χ0n) is 24.9. The second-order valence-corrected chi connectivity index (χ2v) is 13.1. The highest BCUT2D eigenvalue weighted by molar-refractivity contribution is 6.24. The van der Waals surface area contributed by atoms with Gasteiger partial charge in [-0.15, -0.1) is 0 Å². The van der Waals surface area contributed by atoms with Crippen LogP contribution in [-0.2, 0) is 38.3 Å². The summed E-state index contributed by atoms with van der Waals surface area (Å²) in [6.07, 6.45) is -3.01. The first-order valence-corrected chi connectivity index (χ1v) is 15.0. The lowest BCUT2D eigenvalue weighted by Gasteiger charge is -2.50. The molecule has 1 aromatic rings. The van der Waals surface area contributed by atoms with Gasteiger partial charge < -0.3 is 30.9 Å². The van der Waals surface area contributed by atoms with Crippen molar-refractivity contribution in [2.45, 2.75) is 62.5 Å². The maximum atomic E-state index is 15.0. The number of likely N-dealkylation sites (N-methyl/N-ethyl adjacent to an activating group) is 1. The smallest absolute Gasteiger partial charge is 0.417 e. The van der Waals surface area contributed by atoms with Gasteiger partial charge in [-0.3, -0.25) is 24.2 Å². The van der Waals surface area contributed by atoms with Crippen molar-refractivity contribution in [2.75, 3.05) is 33.9 Å². The maximum absolute atomic E-state index is 15.0. The molecule has 0 unspecified atom stereocenters. The minimum absolute atomic E-state index is 0.0868. The fourth-order valence-corrected chi connectivity index (χ4v) is 7.86. The molecule has 14 heteroatoms. The van der Waals surface area contributed by atoms with Gasteiger partial charge in [-0.25, -0.2) is 0 Å². The summed E-state index contributed by atoms with van der Waals surface area (Å²) in [5, 5.41) is 45.2. The Bertz CT molecular complexity index is 1540. The Kier molecular flexibility index (Phi) is 7.58. The standard InChI is InChI=1S/C31H36F3N3O8/c1-36(2)24-18-8-14-7-17-21(25(39)20(14)27(41)30(18,44)28(42)22(26(24)40)29(35)43)19(38)9-15(23(17)31(32,33)34)11-37(10-13-3-4-13)16-5-6-45-12-16/h9,13-14,16,18,24,38-39,42,44H,3-8,10-12H2,1-2H3,(H2,35,43)/t14-,16+,18-,24-,30-/m0/s1. The van der Waals surface area contributed by atoms with Crippen molar-refractivity contribution >= 4 is 23.2 Å². The van der Waals surface area contributed by atoms with Crippen molar-refractivity contribution in [3.63, 3.8) is 0 Å². The molecular formula is C31H36F3N3O8. The van der Waals surface area contributed by atoms with E-state index in [9.17, 15) is 48.0 Å². The van der Waals surface area contributed by atoms with E-state index in [1.807, 2.05) is 4.90 Å². The van der Waals surface area contributed by atoms with Crippen molar-refractivity contribution < 1.29 is 52.7 Å². The van der Waals surface area contributed by atoms with Crippen LogP contribution in [0.5, 0.6) is 5.75 Å². The monoisotopic (exact) mass is 635 g/mol. The van der Waals surface area contributed by atoms with E-state index in [1.54, 1.807) is 0 Å². The number of amides is 1. The predicted molar refractivity (Wildman–Crippen MR) is 152 cm³/mol. The van der Waals surface area contributed by atoms with Gasteiger partial charge in [-0.2, -0.15) is 13.2 Å². The number of carbonyl (C=O) groups excluding carboxylic acids is 3. The van der Waals surface area contributed by atoms with Crippen molar-refractivity contribution in [1.82, 2.24) is 9.80 Å². The third kappa shape index (κ3) is 4.93. The molecule has 4 aliphatic carbocycles. The Hall–Kier alpha value is -3.46. The number of phenolic OH excluding ortho intramolecular Hbond substituents is 1. The zero-order valence-corrected chi connectivity index (χ0v) is 24.9. The molecule has 0 bridgehead atoms. The number of rotatable bonds is 7. The number of carbonyl (C=O) groups is 3. The lowest BCUT2D eigenvalue weighted by Crippen LogP contribution is -2.65. The minimum Gasteiger partial charge on any atom is -0.508 e. The van der Waals surface area contributed by atoms with Gasteiger partial charge in [0.15, 0.2) is 11.4 Å². The number of benzene rings is 1. The number of aliphatic hydroxyl groups excluding tert-OH is 2. The van der Waals surface area contributed by atoms with Gasteiger partial charge in [0.05, 0.1) is 23.8 Å². The average Bonchev–Trinajstić information content (AvgIpc) is 3.57. The molecule has 244 valence electrons. The van der Waals surface area contributed by atoms with Gasteiger partial charge in [0, 0.05) is 37.2 Å². The number of ketones is 2. The summed E-state index contributed by atoms with van der Waals surface area (Å²) in [4.78, 5) is 42.7. The number of alkyl halides is 3. The fraction of sp³-hybridized carbons (Fsp3) is 0.581. The average molecular weight is 636 g/mol. The lowest BCUT2D eigenvalue weighted by molar-refractivity contribution is -0.153. The van der Waals surface area contributed by atoms with Crippen LogP contribution in [0.15, 0.2) is 23.0 Å². The molecule has 6 rings (SSSR count). The Balaban J connectivity index is 1.50. The molecule has 5 atom stereocenters. The molecular weight excluding hydrogens is 599 g/mol. The Labute approximate surface area is 256 Å². The Morgan fingerprint density at radius 1 is 1.16 bits per heavy atom. The van der Waals surface area contributed by atoms with Crippen LogP contribution in [0.25, 0.3) is 5.76 Å². The SMILES string of the molecule is CN(C)[C@@H]1C(=O)C(C(N)=O)=C(O)[C@@]2(O)C(=O)C3=C(O)c4c(O)cc(CN(CC5CC5)[C@@H]5CCOC5)c(C(F)(F)F)c4C[C@H]3C[C@@H]12. The molecule has 0 aromatic heterocycles. The number of nitrogens with zero attached hydrogens (tertiary/aromatic N) is 2. The summed E-state index contributed by atoms with van der Waals surface area (Å²) in [7, 11) is 2.89. The molecule has 3 fully saturated rings. The highest BCUT2D eigenvalue weighted by Crippen LogP contribution is 2.54. The first-order valence-electron chi connectivity index (χ1n) is 15.0. The second-order valence-electron chi connectivity index (χ2n) is 13.1. The van der Waals surface area contributed by atoms with Gasteiger partial charge in [0.25, 0.3) is 5.91 Å². The van der Waals surface area contributed by atoms with Gasteiger partial charge in [0.2, 0.25) is 5.78 Å². The number of aromatic hydroxyl groups is 1. The van der Waals surface area contributed by atoms with Crippen molar-refractivity contribution in [3.05, 3.63) is 45.2 Å². The molecule has 1 aromatic carbocycles. The number of phenols is 1. The minimum atomic E-state index is -4.90. The number of hydrogen-bond donors (Lipinski definition) is 5. The lowest BCUT2D eigenvalue weighted by atomic mass is 9.57. The molecule has 1 aliphatic heterocycles. The van der Waals surface area contributed by atoms with E-state index in [-0.39, 0.29) is 24.6 Å². The topological polar surface area (TPSA) is 174 Å². The van der Waals surface area contributed by atoms with Crippen LogP contribution in [0.1, 0.15) is 47.9 Å². The summed E-state index contributed by atoms with van der Waals surface area (Å²) in [5.41, 5.74) is -1.19. The van der Waals surface area contributed by atoms with Gasteiger partial charge in [-0.1, -0.05) is 0 Å². The van der Waals surface area contributed by atoms with Crippen LogP contribution in [-0.4, -0.2) is 99.2 Å². The molecule has 6 N–H and O–H groups in total. The molecule has 5 aliphatic rings. The number of halogens is 3. The molecule has 45 heavy (non-hydrogen) atoms. The molecule has 11 nitrogen and oxygen atoms in total.